The van der Waals surface area contributed by atoms with Crippen LogP contribution in [-0.2, 0) is 19.7 Å². The molecule has 0 radical (unpaired) electrons. The number of rotatable bonds is 8. The van der Waals surface area contributed by atoms with E-state index in [0.717, 1.165) is 12.8 Å². The summed E-state index contributed by atoms with van der Waals surface area (Å²) in [7, 11) is -2.30. The SMILES string of the molecule is COCCC(NS(=O)(=O)NC1CC1)C(=O)O. The molecule has 1 aliphatic carbocycles. The van der Waals surface area contributed by atoms with Crippen molar-refractivity contribution in [3.05, 3.63) is 0 Å². The van der Waals surface area contributed by atoms with E-state index < -0.39 is 22.2 Å². The summed E-state index contributed by atoms with van der Waals surface area (Å²) in [5.74, 6) is -1.21. The van der Waals surface area contributed by atoms with E-state index in [1.807, 2.05) is 0 Å². The Bertz CT molecular complexity index is 338. The van der Waals surface area contributed by atoms with Crippen LogP contribution in [-0.4, -0.2) is 45.3 Å². The smallest absolute Gasteiger partial charge is 0.321 e. The van der Waals surface area contributed by atoms with E-state index >= 15 is 0 Å². The summed E-state index contributed by atoms with van der Waals surface area (Å²) in [4.78, 5) is 10.8. The third-order valence-electron chi connectivity index (χ3n) is 2.11. The van der Waals surface area contributed by atoms with Gasteiger partial charge >= 0.3 is 5.97 Å². The molecule has 3 N–H and O–H groups in total. The van der Waals surface area contributed by atoms with Crippen LogP contribution in [0, 0.1) is 0 Å². The molecule has 0 saturated heterocycles. The van der Waals surface area contributed by atoms with E-state index in [1.165, 1.54) is 7.11 Å². The Hall–Kier alpha value is -0.700. The van der Waals surface area contributed by atoms with Gasteiger partial charge in [-0.2, -0.15) is 17.9 Å². The first-order chi connectivity index (χ1) is 7.44. The van der Waals surface area contributed by atoms with Gasteiger partial charge < -0.3 is 9.84 Å². The number of hydrogen-bond acceptors (Lipinski definition) is 4. The predicted molar refractivity (Wildman–Crippen MR) is 56.1 cm³/mol. The van der Waals surface area contributed by atoms with Gasteiger partial charge in [0.05, 0.1) is 0 Å². The Morgan fingerprint density at radius 1 is 1.56 bits per heavy atom. The number of carbonyl (C=O) groups is 1. The van der Waals surface area contributed by atoms with Crippen LogP contribution in [0.2, 0.25) is 0 Å². The van der Waals surface area contributed by atoms with Gasteiger partial charge in [0, 0.05) is 19.8 Å². The molecule has 0 bridgehead atoms. The van der Waals surface area contributed by atoms with Crippen LogP contribution >= 0.6 is 0 Å². The number of nitrogens with one attached hydrogen (secondary N) is 2. The third-order valence-corrected chi connectivity index (χ3v) is 3.34. The zero-order valence-corrected chi connectivity index (χ0v) is 9.79. The predicted octanol–water partition coefficient (Wildman–Crippen LogP) is -0.937. The Kier molecular flexibility index (Phi) is 4.66. The summed E-state index contributed by atoms with van der Waals surface area (Å²) >= 11 is 0. The number of aliphatic carboxylic acids is 1. The fraction of sp³-hybridized carbons (Fsp3) is 0.875. The molecule has 7 nitrogen and oxygen atoms in total. The van der Waals surface area contributed by atoms with Gasteiger partial charge in [0.2, 0.25) is 0 Å². The van der Waals surface area contributed by atoms with Crippen LogP contribution in [0.1, 0.15) is 19.3 Å². The largest absolute Gasteiger partial charge is 0.480 e. The highest BCUT2D eigenvalue weighted by molar-refractivity contribution is 7.87. The minimum Gasteiger partial charge on any atom is -0.480 e. The summed E-state index contributed by atoms with van der Waals surface area (Å²) < 4.78 is 32.0. The van der Waals surface area contributed by atoms with Gasteiger partial charge in [0.1, 0.15) is 6.04 Å². The second-order valence-electron chi connectivity index (χ2n) is 3.69. The molecule has 1 fully saturated rings. The molecule has 1 saturated carbocycles. The molecular weight excluding hydrogens is 236 g/mol. The topological polar surface area (TPSA) is 105 Å². The molecule has 16 heavy (non-hydrogen) atoms. The highest BCUT2D eigenvalue weighted by Crippen LogP contribution is 2.19. The van der Waals surface area contributed by atoms with Crippen molar-refractivity contribution < 1.29 is 23.1 Å². The molecule has 0 amide bonds. The molecular formula is C8H16N2O5S. The Labute approximate surface area is 94.4 Å². The molecule has 0 spiro atoms. The van der Waals surface area contributed by atoms with E-state index in [4.69, 9.17) is 9.84 Å². The van der Waals surface area contributed by atoms with Crippen LogP contribution in [0.4, 0.5) is 0 Å². The Balaban J connectivity index is 2.48. The van der Waals surface area contributed by atoms with Crippen LogP contribution in [0.5, 0.6) is 0 Å². The van der Waals surface area contributed by atoms with Crippen LogP contribution in [0.15, 0.2) is 0 Å². The first-order valence-electron chi connectivity index (χ1n) is 4.96. The van der Waals surface area contributed by atoms with E-state index in [-0.39, 0.29) is 19.1 Å². The van der Waals surface area contributed by atoms with Crippen molar-refractivity contribution >= 4 is 16.2 Å². The maximum atomic E-state index is 11.4. The van der Waals surface area contributed by atoms with E-state index in [2.05, 4.69) is 9.44 Å². The summed E-state index contributed by atoms with van der Waals surface area (Å²) in [6.45, 7) is 0.183. The monoisotopic (exact) mass is 252 g/mol. The second kappa shape index (κ2) is 5.58. The van der Waals surface area contributed by atoms with E-state index in [0.29, 0.717) is 0 Å². The van der Waals surface area contributed by atoms with E-state index in [1.54, 1.807) is 0 Å². The summed E-state index contributed by atoms with van der Waals surface area (Å²) in [6, 6.07) is -1.20. The van der Waals surface area contributed by atoms with Crippen molar-refractivity contribution in [3.8, 4) is 0 Å². The van der Waals surface area contributed by atoms with Crippen molar-refractivity contribution in [2.45, 2.75) is 31.3 Å². The minimum atomic E-state index is -3.73. The first-order valence-corrected chi connectivity index (χ1v) is 6.44. The Morgan fingerprint density at radius 2 is 2.19 bits per heavy atom. The highest BCUT2D eigenvalue weighted by Gasteiger charge is 2.30. The molecule has 0 heterocycles. The van der Waals surface area contributed by atoms with Gasteiger partial charge in [-0.1, -0.05) is 0 Å². The van der Waals surface area contributed by atoms with Crippen molar-refractivity contribution in [3.63, 3.8) is 0 Å². The van der Waals surface area contributed by atoms with Gasteiger partial charge in [0.15, 0.2) is 0 Å². The van der Waals surface area contributed by atoms with Crippen molar-refractivity contribution in [2.75, 3.05) is 13.7 Å². The molecule has 1 rings (SSSR count). The lowest BCUT2D eigenvalue weighted by molar-refractivity contribution is -0.139. The molecule has 0 aromatic heterocycles. The number of methoxy groups -OCH3 is 1. The number of hydrogen-bond donors (Lipinski definition) is 3. The molecule has 1 aliphatic rings. The lowest BCUT2D eigenvalue weighted by Gasteiger charge is -2.14. The highest BCUT2D eigenvalue weighted by atomic mass is 32.2. The van der Waals surface area contributed by atoms with Crippen molar-refractivity contribution in [1.29, 1.82) is 0 Å². The standard InChI is InChI=1S/C8H16N2O5S/c1-15-5-4-7(8(11)12)10-16(13,14)9-6-2-3-6/h6-7,9-10H,2-5H2,1H3,(H,11,12). The molecule has 8 heteroatoms. The van der Waals surface area contributed by atoms with Crippen molar-refractivity contribution in [1.82, 2.24) is 9.44 Å². The number of carboxylic acids is 1. The van der Waals surface area contributed by atoms with Crippen LogP contribution < -0.4 is 9.44 Å². The summed E-state index contributed by atoms with van der Waals surface area (Å²) in [6.07, 6.45) is 1.70. The Morgan fingerprint density at radius 3 is 2.62 bits per heavy atom. The minimum absolute atomic E-state index is 0.0469. The second-order valence-corrected chi connectivity index (χ2v) is 5.16. The average molecular weight is 252 g/mol. The molecule has 0 aromatic carbocycles. The zero-order chi connectivity index (χ0) is 12.2. The van der Waals surface area contributed by atoms with Gasteiger partial charge in [-0.25, -0.2) is 0 Å². The van der Waals surface area contributed by atoms with Crippen LogP contribution in [0.25, 0.3) is 0 Å². The lowest BCUT2D eigenvalue weighted by Crippen LogP contribution is -2.47. The summed E-state index contributed by atoms with van der Waals surface area (Å²) in [5.41, 5.74) is 0. The molecule has 0 aliphatic heterocycles. The zero-order valence-electron chi connectivity index (χ0n) is 8.97. The quantitative estimate of drug-likeness (QED) is 0.517. The molecule has 0 aromatic rings. The van der Waals surface area contributed by atoms with Gasteiger partial charge in [-0.15, -0.1) is 0 Å². The maximum absolute atomic E-state index is 11.4. The van der Waals surface area contributed by atoms with Gasteiger partial charge in [-0.3, -0.25) is 4.79 Å². The lowest BCUT2D eigenvalue weighted by atomic mass is 10.2. The number of carboxylic acid groups (broad SMARTS) is 1. The van der Waals surface area contributed by atoms with Gasteiger partial charge in [0.25, 0.3) is 10.2 Å². The molecule has 1 unspecified atom stereocenters. The fourth-order valence-electron chi connectivity index (χ4n) is 1.11. The van der Waals surface area contributed by atoms with Gasteiger partial charge in [-0.05, 0) is 19.3 Å². The fourth-order valence-corrected chi connectivity index (χ4v) is 2.45. The third kappa shape index (κ3) is 4.88. The van der Waals surface area contributed by atoms with E-state index in [9.17, 15) is 13.2 Å². The molecule has 1 atom stereocenters. The maximum Gasteiger partial charge on any atom is 0.321 e. The normalized spacial score (nSPS) is 18.3. The van der Waals surface area contributed by atoms with Crippen molar-refractivity contribution in [2.24, 2.45) is 0 Å². The average Bonchev–Trinajstić information content (AvgIpc) is 2.94. The van der Waals surface area contributed by atoms with Crippen LogP contribution in [0.3, 0.4) is 0 Å². The first kappa shape index (κ1) is 13.4. The number of ether oxygens (including phenoxy) is 1. The summed E-state index contributed by atoms with van der Waals surface area (Å²) in [5, 5.41) is 8.80. The molecule has 94 valence electrons.